The smallest absolute Gasteiger partial charge is 0.239 e. The van der Waals surface area contributed by atoms with E-state index >= 15 is 0 Å². The molecule has 1 aliphatic rings. The minimum absolute atomic E-state index is 0.145. The van der Waals surface area contributed by atoms with Crippen molar-refractivity contribution in [2.24, 2.45) is 5.73 Å². The fourth-order valence-electron chi connectivity index (χ4n) is 7.80. The zero-order valence-electron chi connectivity index (χ0n) is 37.5. The molecule has 1 heterocycles. The maximum atomic E-state index is 13.9. The highest BCUT2D eigenvalue weighted by Crippen LogP contribution is 2.26. The number of nitrogens with two attached hydrogens (primary N) is 1. The van der Waals surface area contributed by atoms with Crippen LogP contribution in [0.4, 0.5) is 0 Å². The number of nitrogens with one attached hydrogen (secondary N) is 2. The molecule has 340 valence electrons. The maximum Gasteiger partial charge on any atom is 0.239 e. The van der Waals surface area contributed by atoms with Gasteiger partial charge in [0.05, 0.1) is 19.2 Å². The number of ether oxygens (including phenoxy) is 1. The number of rotatable bonds is 38. The molecule has 1 aliphatic heterocycles. The van der Waals surface area contributed by atoms with E-state index in [0.29, 0.717) is 19.4 Å². The lowest BCUT2D eigenvalue weighted by Crippen LogP contribution is -2.69. The van der Waals surface area contributed by atoms with E-state index in [-0.39, 0.29) is 5.91 Å². The van der Waals surface area contributed by atoms with Crippen LogP contribution in [0.5, 0.6) is 0 Å². The zero-order chi connectivity index (χ0) is 42.6. The Morgan fingerprint density at radius 3 is 1.53 bits per heavy atom. The molecule has 0 saturated carbocycles. The second-order valence-corrected chi connectivity index (χ2v) is 17.1. The third kappa shape index (κ3) is 26.2. The highest BCUT2D eigenvalue weighted by atomic mass is 16.5. The van der Waals surface area contributed by atoms with E-state index in [1.807, 2.05) is 0 Å². The van der Waals surface area contributed by atoms with Crippen molar-refractivity contribution in [1.29, 1.82) is 0 Å². The van der Waals surface area contributed by atoms with Gasteiger partial charge in [-0.15, -0.1) is 0 Å². The van der Waals surface area contributed by atoms with Gasteiger partial charge in [-0.25, -0.2) is 0 Å². The first-order valence-electron chi connectivity index (χ1n) is 24.1. The van der Waals surface area contributed by atoms with Gasteiger partial charge in [0.25, 0.3) is 0 Å². The minimum Gasteiger partial charge on any atom is -0.394 e. The molecule has 11 nitrogen and oxygen atoms in total. The number of nitrogens with zero attached hydrogens (tertiary/aromatic N) is 1. The molecule has 0 aromatic rings. The molecule has 0 bridgehead atoms. The van der Waals surface area contributed by atoms with Crippen molar-refractivity contribution in [2.75, 3.05) is 19.7 Å². The van der Waals surface area contributed by atoms with E-state index < -0.39 is 61.6 Å². The van der Waals surface area contributed by atoms with E-state index in [0.717, 1.165) is 57.8 Å². The SMILES string of the molecule is CCCCCCCC/C=C\CCCCCCCC(=O)N(CCCCCCCCCCCCCCCCCC)[C@@H]1O[C@H](CO)[C@@H](O)[C@H](O)[C@H]1NC(=O)CNC(=O)[C@H](C)N. The summed E-state index contributed by atoms with van der Waals surface area (Å²) >= 11 is 0. The Bertz CT molecular complexity index is 1040. The summed E-state index contributed by atoms with van der Waals surface area (Å²) in [7, 11) is 0. The molecule has 0 aliphatic carbocycles. The van der Waals surface area contributed by atoms with Gasteiger partial charge in [-0.05, 0) is 45.4 Å². The monoisotopic (exact) mass is 823 g/mol. The van der Waals surface area contributed by atoms with Gasteiger partial charge in [0, 0.05) is 13.0 Å². The number of aliphatic hydroxyl groups excluding tert-OH is 3. The van der Waals surface area contributed by atoms with Crippen molar-refractivity contribution in [2.45, 2.75) is 250 Å². The number of hydrogen-bond acceptors (Lipinski definition) is 8. The summed E-state index contributed by atoms with van der Waals surface area (Å²) in [5.74, 6) is -1.27. The van der Waals surface area contributed by atoms with E-state index in [9.17, 15) is 29.7 Å². The normalized spacial score (nSPS) is 20.0. The fourth-order valence-corrected chi connectivity index (χ4v) is 7.80. The Morgan fingerprint density at radius 1 is 0.655 bits per heavy atom. The molecular formula is C47H90N4O7. The van der Waals surface area contributed by atoms with Gasteiger partial charge in [0.2, 0.25) is 17.7 Å². The van der Waals surface area contributed by atoms with Crippen molar-refractivity contribution in [3.63, 3.8) is 0 Å². The topological polar surface area (TPSA) is 174 Å². The number of amides is 3. The fraction of sp³-hybridized carbons (Fsp3) is 0.894. The van der Waals surface area contributed by atoms with Crippen LogP contribution in [0.15, 0.2) is 12.2 Å². The first kappa shape index (κ1) is 54.0. The first-order valence-corrected chi connectivity index (χ1v) is 24.1. The zero-order valence-corrected chi connectivity index (χ0v) is 37.5. The molecule has 6 atom stereocenters. The molecule has 3 amide bonds. The molecule has 0 radical (unpaired) electrons. The second-order valence-electron chi connectivity index (χ2n) is 17.1. The average molecular weight is 823 g/mol. The molecule has 0 aromatic heterocycles. The van der Waals surface area contributed by atoms with Crippen molar-refractivity contribution < 1.29 is 34.4 Å². The van der Waals surface area contributed by atoms with Crippen molar-refractivity contribution >= 4 is 17.7 Å². The Hall–Kier alpha value is -2.05. The Kier molecular flexibility index (Phi) is 34.2. The van der Waals surface area contributed by atoms with Crippen LogP contribution in [0.2, 0.25) is 0 Å². The lowest BCUT2D eigenvalue weighted by atomic mass is 9.94. The standard InChI is InChI=1S/C47H90N4O7/c1-4-6-8-10-12-14-16-18-20-22-24-26-28-30-32-34-36-51(42(54)35-33-31-29-27-25-23-21-19-17-15-13-11-9-7-5-2)47-43(45(56)44(55)40(38-52)58-47)50-41(53)37-49-46(57)39(3)48/h19,21,39-40,43-45,47,52,55-56H,4-18,20,22-38,48H2,1-3H3,(H,49,57)(H,50,53)/b21-19-/t39-,40+,43+,44+,45+,47+/m0/s1. The molecular weight excluding hydrogens is 733 g/mol. The van der Waals surface area contributed by atoms with Gasteiger partial charge < -0.3 is 41.3 Å². The molecule has 0 aromatic carbocycles. The number of allylic oxidation sites excluding steroid dienone is 2. The van der Waals surface area contributed by atoms with Gasteiger partial charge in [0.15, 0.2) is 6.23 Å². The second kappa shape index (κ2) is 36.8. The molecule has 1 fully saturated rings. The molecule has 7 N–H and O–H groups in total. The highest BCUT2D eigenvalue weighted by molar-refractivity contribution is 5.87. The van der Waals surface area contributed by atoms with Crippen LogP contribution in [-0.4, -0.2) is 94.3 Å². The summed E-state index contributed by atoms with van der Waals surface area (Å²) in [5, 5.41) is 37.1. The van der Waals surface area contributed by atoms with E-state index in [4.69, 9.17) is 10.5 Å². The van der Waals surface area contributed by atoms with E-state index in [1.54, 1.807) is 4.90 Å². The summed E-state index contributed by atoms with van der Waals surface area (Å²) in [6, 6.07) is -1.97. The van der Waals surface area contributed by atoms with Gasteiger partial charge >= 0.3 is 0 Å². The summed E-state index contributed by atoms with van der Waals surface area (Å²) in [6.45, 7) is 5.43. The summed E-state index contributed by atoms with van der Waals surface area (Å²) < 4.78 is 6.10. The minimum atomic E-state index is -1.51. The largest absolute Gasteiger partial charge is 0.394 e. The van der Waals surface area contributed by atoms with Gasteiger partial charge in [-0.3, -0.25) is 14.4 Å². The third-order valence-corrected chi connectivity index (χ3v) is 11.6. The van der Waals surface area contributed by atoms with Crippen LogP contribution in [-0.2, 0) is 19.1 Å². The maximum absolute atomic E-state index is 13.9. The Labute approximate surface area is 354 Å². The Balaban J connectivity index is 2.68. The summed E-state index contributed by atoms with van der Waals surface area (Å²) in [4.78, 5) is 40.5. The summed E-state index contributed by atoms with van der Waals surface area (Å²) in [5.41, 5.74) is 5.61. The highest BCUT2D eigenvalue weighted by Gasteiger charge is 2.48. The molecule has 1 saturated heterocycles. The van der Waals surface area contributed by atoms with E-state index in [2.05, 4.69) is 36.6 Å². The van der Waals surface area contributed by atoms with Crippen molar-refractivity contribution in [1.82, 2.24) is 15.5 Å². The molecule has 11 heteroatoms. The number of aliphatic hydroxyl groups is 3. The lowest BCUT2D eigenvalue weighted by molar-refractivity contribution is -0.231. The van der Waals surface area contributed by atoms with Crippen LogP contribution < -0.4 is 16.4 Å². The molecule has 58 heavy (non-hydrogen) atoms. The lowest BCUT2D eigenvalue weighted by Gasteiger charge is -2.47. The van der Waals surface area contributed by atoms with E-state index in [1.165, 1.54) is 129 Å². The van der Waals surface area contributed by atoms with Gasteiger partial charge in [0.1, 0.15) is 24.4 Å². The molecule has 0 spiro atoms. The number of carbonyl (C=O) groups excluding carboxylic acids is 3. The van der Waals surface area contributed by atoms with Crippen LogP contribution in [0, 0.1) is 0 Å². The van der Waals surface area contributed by atoms with Crippen LogP contribution in [0.1, 0.15) is 213 Å². The number of hydrogen-bond donors (Lipinski definition) is 6. The van der Waals surface area contributed by atoms with Crippen LogP contribution in [0.25, 0.3) is 0 Å². The van der Waals surface area contributed by atoms with Gasteiger partial charge in [-0.1, -0.05) is 174 Å². The molecule has 0 unspecified atom stereocenters. The Morgan fingerprint density at radius 2 is 1.09 bits per heavy atom. The third-order valence-electron chi connectivity index (χ3n) is 11.6. The van der Waals surface area contributed by atoms with Crippen LogP contribution in [0.3, 0.4) is 0 Å². The van der Waals surface area contributed by atoms with Crippen LogP contribution >= 0.6 is 0 Å². The predicted molar refractivity (Wildman–Crippen MR) is 237 cm³/mol. The van der Waals surface area contributed by atoms with Gasteiger partial charge in [-0.2, -0.15) is 0 Å². The number of unbranched alkanes of at least 4 members (excludes halogenated alkanes) is 26. The number of carbonyl (C=O) groups is 3. The quantitative estimate of drug-likeness (QED) is 0.0266. The average Bonchev–Trinajstić information content (AvgIpc) is 3.21. The predicted octanol–water partition coefficient (Wildman–Crippen LogP) is 8.50. The van der Waals surface area contributed by atoms with Crippen molar-refractivity contribution in [3.05, 3.63) is 12.2 Å². The summed E-state index contributed by atoms with van der Waals surface area (Å²) in [6.07, 6.45) is 34.6. The molecule has 1 rings (SSSR count). The first-order chi connectivity index (χ1) is 28.2. The van der Waals surface area contributed by atoms with Crippen molar-refractivity contribution in [3.8, 4) is 0 Å².